The Bertz CT molecular complexity index is 502. The molecule has 2 amide bonds. The number of anilines is 1. The van der Waals surface area contributed by atoms with Gasteiger partial charge in [0, 0.05) is 11.6 Å². The number of carbonyl (C=O) groups excluding carboxylic acids is 1. The van der Waals surface area contributed by atoms with E-state index in [0.29, 0.717) is 16.8 Å². The molecule has 0 bridgehead atoms. The lowest BCUT2D eigenvalue weighted by molar-refractivity contribution is 0.0697. The number of ether oxygens (including phenoxy) is 1. The first kappa shape index (κ1) is 17.5. The normalized spacial score (nSPS) is 11.8. The number of rotatable bonds is 7. The predicted molar refractivity (Wildman–Crippen MR) is 83.8 cm³/mol. The molecule has 6 nitrogen and oxygen atoms in total. The van der Waals surface area contributed by atoms with Gasteiger partial charge in [0.15, 0.2) is 0 Å². The van der Waals surface area contributed by atoms with E-state index >= 15 is 0 Å². The fourth-order valence-corrected chi connectivity index (χ4v) is 2.19. The van der Waals surface area contributed by atoms with Gasteiger partial charge in [0.25, 0.3) is 0 Å². The molecular formula is C14H19BrN2O4. The Balaban J connectivity index is 2.73. The Morgan fingerprint density at radius 3 is 2.71 bits per heavy atom. The van der Waals surface area contributed by atoms with E-state index < -0.39 is 12.0 Å². The van der Waals surface area contributed by atoms with Crippen molar-refractivity contribution in [2.45, 2.75) is 25.8 Å². The average Bonchev–Trinajstić information content (AvgIpc) is 2.41. The highest BCUT2D eigenvalue weighted by Gasteiger charge is 2.13. The number of carbonyl (C=O) groups is 2. The quantitative estimate of drug-likeness (QED) is 0.698. The third-order valence-corrected chi connectivity index (χ3v) is 3.49. The van der Waals surface area contributed by atoms with Gasteiger partial charge in [-0.25, -0.2) is 9.59 Å². The van der Waals surface area contributed by atoms with Crippen molar-refractivity contribution < 1.29 is 19.4 Å². The van der Waals surface area contributed by atoms with Crippen molar-refractivity contribution in [3.8, 4) is 0 Å². The summed E-state index contributed by atoms with van der Waals surface area (Å²) in [6.45, 7) is 2.45. The Morgan fingerprint density at radius 1 is 1.43 bits per heavy atom. The summed E-state index contributed by atoms with van der Waals surface area (Å²) < 4.78 is 5.66. The molecule has 116 valence electrons. The Kier molecular flexibility index (Phi) is 7.18. The summed E-state index contributed by atoms with van der Waals surface area (Å²) in [4.78, 5) is 22.9. The van der Waals surface area contributed by atoms with Crippen LogP contribution < -0.4 is 10.6 Å². The number of carboxylic acids is 1. The highest BCUT2D eigenvalue weighted by atomic mass is 79.9. The van der Waals surface area contributed by atoms with Crippen LogP contribution in [0.2, 0.25) is 0 Å². The minimum absolute atomic E-state index is 0.0820. The van der Waals surface area contributed by atoms with E-state index in [2.05, 4.69) is 26.6 Å². The second-order valence-electron chi connectivity index (χ2n) is 4.54. The van der Waals surface area contributed by atoms with Crippen molar-refractivity contribution in [3.63, 3.8) is 0 Å². The maximum Gasteiger partial charge on any atom is 0.335 e. The van der Waals surface area contributed by atoms with E-state index in [1.165, 1.54) is 12.1 Å². The van der Waals surface area contributed by atoms with Crippen molar-refractivity contribution in [2.75, 3.05) is 19.0 Å². The average molecular weight is 359 g/mol. The zero-order chi connectivity index (χ0) is 15.8. The van der Waals surface area contributed by atoms with Crippen molar-refractivity contribution in [2.24, 2.45) is 0 Å². The lowest BCUT2D eigenvalue weighted by Crippen LogP contribution is -2.40. The lowest BCUT2D eigenvalue weighted by atomic mass is 10.2. The minimum atomic E-state index is -1.05. The third-order valence-electron chi connectivity index (χ3n) is 2.80. The van der Waals surface area contributed by atoms with Crippen LogP contribution in [0, 0.1) is 0 Å². The fraction of sp³-hybridized carbons (Fsp3) is 0.429. The molecule has 0 aliphatic heterocycles. The van der Waals surface area contributed by atoms with Crippen molar-refractivity contribution in [3.05, 3.63) is 28.2 Å². The number of methoxy groups -OCH3 is 1. The van der Waals surface area contributed by atoms with Gasteiger partial charge in [0.05, 0.1) is 23.9 Å². The SMILES string of the molecule is CCCC(COC)NC(=O)Nc1cc(C(=O)O)ccc1Br. The van der Waals surface area contributed by atoms with Gasteiger partial charge in [-0.05, 0) is 40.5 Å². The number of hydrogen-bond donors (Lipinski definition) is 3. The van der Waals surface area contributed by atoms with Crippen LogP contribution in [0.5, 0.6) is 0 Å². The van der Waals surface area contributed by atoms with Gasteiger partial charge >= 0.3 is 12.0 Å². The van der Waals surface area contributed by atoms with Crippen LogP contribution in [0.4, 0.5) is 10.5 Å². The van der Waals surface area contributed by atoms with E-state index in [0.717, 1.165) is 12.8 Å². The van der Waals surface area contributed by atoms with E-state index in [1.54, 1.807) is 13.2 Å². The van der Waals surface area contributed by atoms with Crippen molar-refractivity contribution in [1.29, 1.82) is 0 Å². The molecule has 0 fully saturated rings. The minimum Gasteiger partial charge on any atom is -0.478 e. The number of benzene rings is 1. The van der Waals surface area contributed by atoms with Crippen LogP contribution in [0.3, 0.4) is 0 Å². The molecule has 0 aliphatic rings. The molecule has 1 rings (SSSR count). The molecule has 0 radical (unpaired) electrons. The first-order chi connectivity index (χ1) is 9.97. The standard InChI is InChI=1S/C14H19BrN2O4/c1-3-4-10(8-21-2)16-14(20)17-12-7-9(13(18)19)5-6-11(12)15/h5-7,10H,3-4,8H2,1-2H3,(H,18,19)(H2,16,17,20). The molecule has 0 heterocycles. The van der Waals surface area contributed by atoms with Crippen LogP contribution in [0.15, 0.2) is 22.7 Å². The monoisotopic (exact) mass is 358 g/mol. The molecule has 0 spiro atoms. The predicted octanol–water partition coefficient (Wildman–Crippen LogP) is 3.08. The molecule has 0 aliphatic carbocycles. The molecule has 7 heteroatoms. The second-order valence-corrected chi connectivity index (χ2v) is 5.39. The maximum absolute atomic E-state index is 12.0. The summed E-state index contributed by atoms with van der Waals surface area (Å²) in [5.74, 6) is -1.05. The Hall–Kier alpha value is -1.60. The number of amides is 2. The fourth-order valence-electron chi connectivity index (χ4n) is 1.84. The van der Waals surface area contributed by atoms with E-state index in [4.69, 9.17) is 9.84 Å². The maximum atomic E-state index is 12.0. The number of urea groups is 1. The number of carboxylic acid groups (broad SMARTS) is 1. The van der Waals surface area contributed by atoms with Crippen molar-refractivity contribution >= 4 is 33.6 Å². The van der Waals surface area contributed by atoms with Gasteiger partial charge < -0.3 is 20.5 Å². The number of halogens is 1. The zero-order valence-electron chi connectivity index (χ0n) is 12.0. The highest BCUT2D eigenvalue weighted by molar-refractivity contribution is 9.10. The van der Waals surface area contributed by atoms with E-state index in [1.807, 2.05) is 6.92 Å². The topological polar surface area (TPSA) is 87.7 Å². The van der Waals surface area contributed by atoms with Crippen LogP contribution >= 0.6 is 15.9 Å². The third kappa shape index (κ3) is 5.73. The molecule has 1 aromatic carbocycles. The number of nitrogens with one attached hydrogen (secondary N) is 2. The molecule has 1 atom stereocenters. The summed E-state index contributed by atoms with van der Waals surface area (Å²) >= 11 is 3.28. The summed E-state index contributed by atoms with van der Waals surface area (Å²) in [6.07, 6.45) is 1.73. The van der Waals surface area contributed by atoms with Gasteiger partial charge in [0.1, 0.15) is 0 Å². The van der Waals surface area contributed by atoms with Gasteiger partial charge in [-0.2, -0.15) is 0 Å². The zero-order valence-corrected chi connectivity index (χ0v) is 13.6. The summed E-state index contributed by atoms with van der Waals surface area (Å²) in [5.41, 5.74) is 0.510. The van der Waals surface area contributed by atoms with Crippen LogP contribution in [-0.4, -0.2) is 36.9 Å². The molecule has 3 N–H and O–H groups in total. The molecule has 1 unspecified atom stereocenters. The van der Waals surface area contributed by atoms with Gasteiger partial charge in [-0.1, -0.05) is 13.3 Å². The van der Waals surface area contributed by atoms with Gasteiger partial charge in [0.2, 0.25) is 0 Å². The van der Waals surface area contributed by atoms with Gasteiger partial charge in [-0.15, -0.1) is 0 Å². The van der Waals surface area contributed by atoms with Crippen LogP contribution in [0.25, 0.3) is 0 Å². The lowest BCUT2D eigenvalue weighted by Gasteiger charge is -2.18. The molecule has 0 saturated heterocycles. The highest BCUT2D eigenvalue weighted by Crippen LogP contribution is 2.23. The van der Waals surface area contributed by atoms with E-state index in [9.17, 15) is 9.59 Å². The van der Waals surface area contributed by atoms with Crippen molar-refractivity contribution in [1.82, 2.24) is 5.32 Å². The number of aromatic carboxylic acids is 1. The molecular weight excluding hydrogens is 340 g/mol. The van der Waals surface area contributed by atoms with Gasteiger partial charge in [-0.3, -0.25) is 0 Å². The molecule has 21 heavy (non-hydrogen) atoms. The summed E-state index contributed by atoms with van der Waals surface area (Å²) in [5, 5.41) is 14.4. The van der Waals surface area contributed by atoms with Crippen LogP contribution in [-0.2, 0) is 4.74 Å². The largest absolute Gasteiger partial charge is 0.478 e. The molecule has 0 aromatic heterocycles. The summed E-state index contributed by atoms with van der Waals surface area (Å²) in [6, 6.07) is 3.96. The first-order valence-electron chi connectivity index (χ1n) is 6.57. The Labute approximate surface area is 132 Å². The Morgan fingerprint density at radius 2 is 2.14 bits per heavy atom. The van der Waals surface area contributed by atoms with Crippen LogP contribution in [0.1, 0.15) is 30.1 Å². The molecule has 1 aromatic rings. The second kappa shape index (κ2) is 8.63. The van der Waals surface area contributed by atoms with E-state index in [-0.39, 0.29) is 11.6 Å². The smallest absolute Gasteiger partial charge is 0.335 e. The number of hydrogen-bond acceptors (Lipinski definition) is 3. The molecule has 0 saturated carbocycles. The first-order valence-corrected chi connectivity index (χ1v) is 7.36. The summed E-state index contributed by atoms with van der Waals surface area (Å²) in [7, 11) is 1.58.